The maximum Gasteiger partial charge on any atom is 0.262 e. The molecule has 7 nitrogen and oxygen atoms in total. The van der Waals surface area contributed by atoms with Crippen LogP contribution in [0.2, 0.25) is 0 Å². The Morgan fingerprint density at radius 2 is 1.74 bits per heavy atom. The number of amides is 1. The highest BCUT2D eigenvalue weighted by Gasteiger charge is 2.12. The third-order valence-electron chi connectivity index (χ3n) is 3.49. The minimum Gasteiger partial charge on any atom is -0.494 e. The quantitative estimate of drug-likeness (QED) is 0.728. The maximum atomic E-state index is 12.3. The molecule has 0 aliphatic heterocycles. The van der Waals surface area contributed by atoms with Crippen molar-refractivity contribution in [1.29, 1.82) is 5.26 Å². The van der Waals surface area contributed by atoms with Crippen LogP contribution in [0.5, 0.6) is 23.0 Å². The number of methoxy groups -OCH3 is 1. The molecular formula is C20H22N2O5. The average Bonchev–Trinajstić information content (AvgIpc) is 2.68. The van der Waals surface area contributed by atoms with E-state index < -0.39 is 0 Å². The number of rotatable bonds is 9. The second-order valence-corrected chi connectivity index (χ2v) is 5.34. The number of benzene rings is 2. The molecule has 0 aliphatic rings. The number of nitrogens with zero attached hydrogens (tertiary/aromatic N) is 1. The number of hydrogen-bond donors (Lipinski definition) is 1. The van der Waals surface area contributed by atoms with Crippen LogP contribution in [0.4, 0.5) is 5.69 Å². The van der Waals surface area contributed by atoms with E-state index in [1.165, 1.54) is 7.11 Å². The summed E-state index contributed by atoms with van der Waals surface area (Å²) in [7, 11) is 1.47. The molecule has 0 fully saturated rings. The summed E-state index contributed by atoms with van der Waals surface area (Å²) in [4.78, 5) is 12.3. The first-order chi connectivity index (χ1) is 13.1. The molecule has 0 aromatic heterocycles. The van der Waals surface area contributed by atoms with Gasteiger partial charge in [0.25, 0.3) is 5.91 Å². The van der Waals surface area contributed by atoms with Crippen LogP contribution in [0.3, 0.4) is 0 Å². The molecule has 0 bridgehead atoms. The summed E-state index contributed by atoms with van der Waals surface area (Å²) in [6, 6.07) is 12.0. The van der Waals surface area contributed by atoms with Crippen molar-refractivity contribution in [2.75, 3.05) is 32.2 Å². The van der Waals surface area contributed by atoms with Crippen molar-refractivity contribution in [2.24, 2.45) is 0 Å². The lowest BCUT2D eigenvalue weighted by molar-refractivity contribution is -0.118. The molecule has 1 N–H and O–H groups in total. The SMILES string of the molecule is CCOc1ccc(OCC)c(NC(=O)COc2ccc(C#N)cc2OC)c1. The van der Waals surface area contributed by atoms with Gasteiger partial charge in [0.2, 0.25) is 0 Å². The van der Waals surface area contributed by atoms with Crippen molar-refractivity contribution >= 4 is 11.6 Å². The Morgan fingerprint density at radius 3 is 2.41 bits per heavy atom. The minimum atomic E-state index is -0.365. The second-order valence-electron chi connectivity index (χ2n) is 5.34. The monoisotopic (exact) mass is 370 g/mol. The standard InChI is InChI=1S/C20H22N2O5/c1-4-25-15-7-9-17(26-5-2)16(11-15)22-20(23)13-27-18-8-6-14(12-21)10-19(18)24-3/h6-11H,4-5,13H2,1-3H3,(H,22,23). The van der Waals surface area contributed by atoms with Crippen LogP contribution in [-0.2, 0) is 4.79 Å². The lowest BCUT2D eigenvalue weighted by atomic mass is 10.2. The van der Waals surface area contributed by atoms with Crippen molar-refractivity contribution in [1.82, 2.24) is 0 Å². The summed E-state index contributed by atoms with van der Waals surface area (Å²) >= 11 is 0. The van der Waals surface area contributed by atoms with Crippen LogP contribution < -0.4 is 24.3 Å². The van der Waals surface area contributed by atoms with E-state index >= 15 is 0 Å². The smallest absolute Gasteiger partial charge is 0.262 e. The van der Waals surface area contributed by atoms with Crippen LogP contribution in [-0.4, -0.2) is 32.8 Å². The zero-order chi connectivity index (χ0) is 19.6. The van der Waals surface area contributed by atoms with Crippen LogP contribution in [0, 0.1) is 11.3 Å². The third kappa shape index (κ3) is 5.54. The van der Waals surface area contributed by atoms with Crippen LogP contribution in [0.25, 0.3) is 0 Å². The van der Waals surface area contributed by atoms with E-state index in [9.17, 15) is 4.79 Å². The zero-order valence-corrected chi connectivity index (χ0v) is 15.6. The summed E-state index contributed by atoms with van der Waals surface area (Å²) < 4.78 is 21.7. The van der Waals surface area contributed by atoms with Gasteiger partial charge >= 0.3 is 0 Å². The number of anilines is 1. The number of carbonyl (C=O) groups excluding carboxylic acids is 1. The van der Waals surface area contributed by atoms with E-state index in [0.717, 1.165) is 0 Å². The summed E-state index contributed by atoms with van der Waals surface area (Å²) in [5, 5.41) is 11.7. The molecule has 0 heterocycles. The van der Waals surface area contributed by atoms with Gasteiger partial charge in [0.05, 0.1) is 37.6 Å². The number of nitriles is 1. The van der Waals surface area contributed by atoms with Gasteiger partial charge in [-0.3, -0.25) is 4.79 Å². The normalized spacial score (nSPS) is 9.85. The summed E-state index contributed by atoms with van der Waals surface area (Å²) in [6.07, 6.45) is 0. The molecule has 0 atom stereocenters. The zero-order valence-electron chi connectivity index (χ0n) is 15.6. The predicted octanol–water partition coefficient (Wildman–Crippen LogP) is 3.38. The van der Waals surface area contributed by atoms with E-state index in [-0.39, 0.29) is 12.5 Å². The molecule has 2 aromatic carbocycles. The Hall–Kier alpha value is -3.40. The second kappa shape index (κ2) is 9.92. The van der Waals surface area contributed by atoms with Gasteiger partial charge in [-0.15, -0.1) is 0 Å². The number of nitrogens with one attached hydrogen (secondary N) is 1. The van der Waals surface area contributed by atoms with Crippen molar-refractivity contribution in [3.63, 3.8) is 0 Å². The first kappa shape index (κ1) is 19.9. The Labute approximate surface area is 158 Å². The number of ether oxygens (including phenoxy) is 4. The van der Waals surface area contributed by atoms with Gasteiger partial charge in [0, 0.05) is 12.1 Å². The molecule has 0 spiro atoms. The predicted molar refractivity (Wildman–Crippen MR) is 101 cm³/mol. The van der Waals surface area contributed by atoms with Gasteiger partial charge in [-0.2, -0.15) is 5.26 Å². The van der Waals surface area contributed by atoms with Gasteiger partial charge in [-0.05, 0) is 38.1 Å². The molecule has 27 heavy (non-hydrogen) atoms. The fourth-order valence-electron chi connectivity index (χ4n) is 2.33. The number of carbonyl (C=O) groups is 1. The van der Waals surface area contributed by atoms with Crippen molar-refractivity contribution in [3.8, 4) is 29.1 Å². The molecule has 2 rings (SSSR count). The first-order valence-corrected chi connectivity index (χ1v) is 8.51. The highest BCUT2D eigenvalue weighted by atomic mass is 16.5. The fourth-order valence-corrected chi connectivity index (χ4v) is 2.33. The van der Waals surface area contributed by atoms with Gasteiger partial charge in [-0.25, -0.2) is 0 Å². The molecule has 142 valence electrons. The number of hydrogen-bond acceptors (Lipinski definition) is 6. The van der Waals surface area contributed by atoms with Gasteiger partial charge in [0.15, 0.2) is 18.1 Å². The first-order valence-electron chi connectivity index (χ1n) is 8.51. The van der Waals surface area contributed by atoms with Gasteiger partial charge in [0.1, 0.15) is 11.5 Å². The minimum absolute atomic E-state index is 0.229. The fraction of sp³-hybridized carbons (Fsp3) is 0.300. The van der Waals surface area contributed by atoms with Crippen molar-refractivity contribution in [3.05, 3.63) is 42.0 Å². The van der Waals surface area contributed by atoms with E-state index in [1.54, 1.807) is 36.4 Å². The Kier molecular flexibility index (Phi) is 7.32. The Balaban J connectivity index is 2.07. The lowest BCUT2D eigenvalue weighted by Crippen LogP contribution is -2.21. The van der Waals surface area contributed by atoms with E-state index in [1.807, 2.05) is 19.9 Å². The van der Waals surface area contributed by atoms with Crippen LogP contribution in [0.15, 0.2) is 36.4 Å². The molecule has 1 amide bonds. The van der Waals surface area contributed by atoms with Gasteiger partial charge in [-0.1, -0.05) is 0 Å². The molecular weight excluding hydrogens is 348 g/mol. The Morgan fingerprint density at radius 1 is 1.00 bits per heavy atom. The highest BCUT2D eigenvalue weighted by molar-refractivity contribution is 5.93. The largest absolute Gasteiger partial charge is 0.494 e. The molecule has 7 heteroatoms. The highest BCUT2D eigenvalue weighted by Crippen LogP contribution is 2.30. The van der Waals surface area contributed by atoms with Gasteiger partial charge < -0.3 is 24.3 Å². The van der Waals surface area contributed by atoms with E-state index in [4.69, 9.17) is 24.2 Å². The van der Waals surface area contributed by atoms with Crippen LogP contribution >= 0.6 is 0 Å². The molecule has 0 saturated heterocycles. The topological polar surface area (TPSA) is 89.8 Å². The molecule has 0 aliphatic carbocycles. The lowest BCUT2D eigenvalue weighted by Gasteiger charge is -2.14. The molecule has 0 saturated carbocycles. The van der Waals surface area contributed by atoms with E-state index in [0.29, 0.717) is 47.5 Å². The molecule has 0 radical (unpaired) electrons. The summed E-state index contributed by atoms with van der Waals surface area (Å²) in [5.41, 5.74) is 0.945. The third-order valence-corrected chi connectivity index (χ3v) is 3.49. The molecule has 2 aromatic rings. The van der Waals surface area contributed by atoms with Crippen LogP contribution in [0.1, 0.15) is 19.4 Å². The van der Waals surface area contributed by atoms with E-state index in [2.05, 4.69) is 5.32 Å². The maximum absolute atomic E-state index is 12.3. The van der Waals surface area contributed by atoms with Crippen molar-refractivity contribution < 1.29 is 23.7 Å². The summed E-state index contributed by atoms with van der Waals surface area (Å²) in [5.74, 6) is 1.57. The average molecular weight is 370 g/mol. The molecule has 0 unspecified atom stereocenters. The Bertz CT molecular complexity index is 830. The van der Waals surface area contributed by atoms with Crippen molar-refractivity contribution in [2.45, 2.75) is 13.8 Å². The summed E-state index contributed by atoms with van der Waals surface area (Å²) in [6.45, 7) is 4.50.